The van der Waals surface area contributed by atoms with E-state index in [-0.39, 0.29) is 11.3 Å². The van der Waals surface area contributed by atoms with Crippen molar-refractivity contribution >= 4 is 11.8 Å². The zero-order valence-corrected chi connectivity index (χ0v) is 13.8. The molecule has 6 heteroatoms. The van der Waals surface area contributed by atoms with Crippen molar-refractivity contribution in [3.8, 4) is 0 Å². The molecule has 0 bridgehead atoms. The molecule has 0 aromatic heterocycles. The second kappa shape index (κ2) is 6.54. The van der Waals surface area contributed by atoms with Crippen LogP contribution in [-0.4, -0.2) is 53.1 Å². The zero-order chi connectivity index (χ0) is 16.5. The number of nitrogens with one attached hydrogen (secondary N) is 1. The second-order valence-corrected chi connectivity index (χ2v) is 7.38. The van der Waals surface area contributed by atoms with Gasteiger partial charge in [0.25, 0.3) is 0 Å². The Labute approximate surface area is 132 Å². The fraction of sp³-hybridized carbons (Fsp3) is 0.875. The minimum atomic E-state index is -0.928. The predicted octanol–water partition coefficient (Wildman–Crippen LogP) is 0.238. The minimum Gasteiger partial charge on any atom is -0.391 e. The van der Waals surface area contributed by atoms with E-state index in [1.165, 1.54) is 11.8 Å². The van der Waals surface area contributed by atoms with Crippen molar-refractivity contribution in [2.75, 3.05) is 13.1 Å². The highest BCUT2D eigenvalue weighted by molar-refractivity contribution is 5.94. The number of nitrogens with two attached hydrogens (primary N) is 1. The highest BCUT2D eigenvalue weighted by Crippen LogP contribution is 2.46. The predicted molar refractivity (Wildman–Crippen MR) is 83.9 cm³/mol. The van der Waals surface area contributed by atoms with Crippen LogP contribution >= 0.6 is 0 Å². The Morgan fingerprint density at radius 2 is 2.00 bits per heavy atom. The maximum absolute atomic E-state index is 12.5. The lowest BCUT2D eigenvalue weighted by molar-refractivity contribution is -0.175. The van der Waals surface area contributed by atoms with E-state index < -0.39 is 18.1 Å². The van der Waals surface area contributed by atoms with Crippen LogP contribution in [0.15, 0.2) is 0 Å². The molecule has 0 aromatic rings. The number of primary amides is 1. The molecular weight excluding hydrogens is 282 g/mol. The zero-order valence-electron chi connectivity index (χ0n) is 13.8. The molecule has 1 unspecified atom stereocenters. The van der Waals surface area contributed by atoms with Gasteiger partial charge in [-0.1, -0.05) is 13.8 Å². The fourth-order valence-corrected chi connectivity index (χ4v) is 3.70. The first kappa shape index (κ1) is 17.2. The van der Waals surface area contributed by atoms with Crippen LogP contribution in [0, 0.1) is 11.3 Å². The molecule has 2 atom stereocenters. The molecule has 126 valence electrons. The van der Waals surface area contributed by atoms with Crippen molar-refractivity contribution in [3.63, 3.8) is 0 Å². The van der Waals surface area contributed by atoms with Gasteiger partial charge in [-0.3, -0.25) is 9.59 Å². The van der Waals surface area contributed by atoms with E-state index in [0.717, 1.165) is 32.2 Å². The van der Waals surface area contributed by atoms with Crippen molar-refractivity contribution in [1.82, 2.24) is 10.2 Å². The quantitative estimate of drug-likeness (QED) is 0.612. The second-order valence-electron chi connectivity index (χ2n) is 7.38. The summed E-state index contributed by atoms with van der Waals surface area (Å²) in [5.41, 5.74) is 4.99. The standard InChI is InChI=1S/C16H29N3O3/c1-10(2)8-18-12-4-6-16(7-5-12)9-19(15(16)22)13(11(3)20)14(17)21/h10-13,18,20H,4-9H2,1-3H3,(H2,17,21)/t11-,12?,13?,16?/m1/s1. The molecule has 2 fully saturated rings. The summed E-state index contributed by atoms with van der Waals surface area (Å²) in [4.78, 5) is 25.5. The molecule has 1 spiro atoms. The molecule has 1 saturated carbocycles. The minimum absolute atomic E-state index is 0.0143. The number of aliphatic hydroxyl groups excluding tert-OH is 1. The molecule has 2 aliphatic rings. The first-order chi connectivity index (χ1) is 10.3. The number of carbonyl (C=O) groups is 2. The molecule has 1 aliphatic carbocycles. The van der Waals surface area contributed by atoms with E-state index in [2.05, 4.69) is 19.2 Å². The molecule has 4 N–H and O–H groups in total. The van der Waals surface area contributed by atoms with Crippen LogP contribution < -0.4 is 11.1 Å². The Morgan fingerprint density at radius 3 is 2.41 bits per heavy atom. The van der Waals surface area contributed by atoms with Crippen LogP contribution in [0.5, 0.6) is 0 Å². The molecule has 22 heavy (non-hydrogen) atoms. The normalized spacial score (nSPS) is 31.2. The highest BCUT2D eigenvalue weighted by Gasteiger charge is 2.56. The summed E-state index contributed by atoms with van der Waals surface area (Å²) in [6.45, 7) is 7.42. The summed E-state index contributed by atoms with van der Waals surface area (Å²) in [5.74, 6) is -0.0240. The lowest BCUT2D eigenvalue weighted by Gasteiger charge is -2.54. The van der Waals surface area contributed by atoms with Gasteiger partial charge in [0.2, 0.25) is 11.8 Å². The third-order valence-electron chi connectivity index (χ3n) is 5.03. The van der Waals surface area contributed by atoms with Crippen LogP contribution in [0.4, 0.5) is 0 Å². The molecule has 2 rings (SSSR count). The first-order valence-corrected chi connectivity index (χ1v) is 8.28. The molecule has 1 aliphatic heterocycles. The lowest BCUT2D eigenvalue weighted by Crippen LogP contribution is -2.69. The Balaban J connectivity index is 1.89. The van der Waals surface area contributed by atoms with Gasteiger partial charge in [-0.15, -0.1) is 0 Å². The number of likely N-dealkylation sites (tertiary alicyclic amines) is 1. The van der Waals surface area contributed by atoms with Gasteiger partial charge in [-0.05, 0) is 45.1 Å². The number of carbonyl (C=O) groups excluding carboxylic acids is 2. The van der Waals surface area contributed by atoms with E-state index in [0.29, 0.717) is 18.5 Å². The van der Waals surface area contributed by atoms with E-state index in [4.69, 9.17) is 5.73 Å². The van der Waals surface area contributed by atoms with Gasteiger partial charge in [0, 0.05) is 12.6 Å². The van der Waals surface area contributed by atoms with Crippen molar-refractivity contribution in [2.45, 2.75) is 64.6 Å². The third-order valence-corrected chi connectivity index (χ3v) is 5.03. The summed E-state index contributed by atoms with van der Waals surface area (Å²) in [6.07, 6.45) is 2.75. The number of hydrogen-bond donors (Lipinski definition) is 3. The van der Waals surface area contributed by atoms with Gasteiger partial charge in [0.05, 0.1) is 11.5 Å². The van der Waals surface area contributed by atoms with E-state index in [1.807, 2.05) is 0 Å². The first-order valence-electron chi connectivity index (χ1n) is 8.28. The van der Waals surface area contributed by atoms with Gasteiger partial charge in [-0.2, -0.15) is 0 Å². The average molecular weight is 311 g/mol. The topological polar surface area (TPSA) is 95.7 Å². The molecular formula is C16H29N3O3. The maximum atomic E-state index is 12.5. The Hall–Kier alpha value is -1.14. The molecule has 6 nitrogen and oxygen atoms in total. The monoisotopic (exact) mass is 311 g/mol. The number of rotatable bonds is 6. The molecule has 0 radical (unpaired) electrons. The molecule has 2 amide bonds. The highest BCUT2D eigenvalue weighted by atomic mass is 16.3. The van der Waals surface area contributed by atoms with Crippen LogP contribution in [-0.2, 0) is 9.59 Å². The van der Waals surface area contributed by atoms with Crippen molar-refractivity contribution in [3.05, 3.63) is 0 Å². The average Bonchev–Trinajstić information content (AvgIpc) is 2.44. The van der Waals surface area contributed by atoms with Gasteiger partial charge >= 0.3 is 0 Å². The van der Waals surface area contributed by atoms with Gasteiger partial charge < -0.3 is 21.1 Å². The van der Waals surface area contributed by atoms with Gasteiger partial charge in [0.1, 0.15) is 6.04 Å². The van der Waals surface area contributed by atoms with E-state index in [9.17, 15) is 14.7 Å². The van der Waals surface area contributed by atoms with Gasteiger partial charge in [0.15, 0.2) is 0 Å². The number of amides is 2. The Kier molecular flexibility index (Phi) is 5.12. The smallest absolute Gasteiger partial charge is 0.242 e. The third kappa shape index (κ3) is 3.27. The summed E-state index contributed by atoms with van der Waals surface area (Å²) < 4.78 is 0. The summed E-state index contributed by atoms with van der Waals surface area (Å²) in [6, 6.07) is -0.409. The Morgan fingerprint density at radius 1 is 1.41 bits per heavy atom. The van der Waals surface area contributed by atoms with Crippen LogP contribution in [0.2, 0.25) is 0 Å². The van der Waals surface area contributed by atoms with Crippen LogP contribution in [0.25, 0.3) is 0 Å². The molecule has 0 aromatic carbocycles. The van der Waals surface area contributed by atoms with Crippen molar-refractivity contribution < 1.29 is 14.7 Å². The van der Waals surface area contributed by atoms with Gasteiger partial charge in [-0.25, -0.2) is 0 Å². The summed E-state index contributed by atoms with van der Waals surface area (Å²) >= 11 is 0. The SMILES string of the molecule is CC(C)CNC1CCC2(CC1)CN(C(C(N)=O)[C@@H](C)O)C2=O. The summed E-state index contributed by atoms with van der Waals surface area (Å²) in [7, 11) is 0. The Bertz CT molecular complexity index is 428. The maximum Gasteiger partial charge on any atom is 0.242 e. The van der Waals surface area contributed by atoms with E-state index >= 15 is 0 Å². The van der Waals surface area contributed by atoms with Crippen molar-refractivity contribution in [1.29, 1.82) is 0 Å². The van der Waals surface area contributed by atoms with E-state index in [1.54, 1.807) is 0 Å². The summed E-state index contributed by atoms with van der Waals surface area (Å²) in [5, 5.41) is 13.2. The number of aliphatic hydroxyl groups is 1. The van der Waals surface area contributed by atoms with Crippen molar-refractivity contribution in [2.24, 2.45) is 17.1 Å². The fourth-order valence-electron chi connectivity index (χ4n) is 3.70. The number of nitrogens with zero attached hydrogens (tertiary/aromatic N) is 1. The molecule has 1 saturated heterocycles. The van der Waals surface area contributed by atoms with Crippen LogP contribution in [0.1, 0.15) is 46.5 Å². The lowest BCUT2D eigenvalue weighted by atomic mass is 9.66. The molecule has 1 heterocycles. The number of β-lactam (4-membered cyclic amide) rings is 1. The largest absolute Gasteiger partial charge is 0.391 e. The van der Waals surface area contributed by atoms with Crippen LogP contribution in [0.3, 0.4) is 0 Å². The number of hydrogen-bond acceptors (Lipinski definition) is 4.